The SMILES string of the molecule is CNC(=O)C1CN(C(=O)/C=C/c2cn(Cc3ccccc3)nn2)c2ccccc2O1. The van der Waals surface area contributed by atoms with Crippen LogP contribution in [0.3, 0.4) is 0 Å². The van der Waals surface area contributed by atoms with Crippen LogP contribution in [0.5, 0.6) is 5.75 Å². The van der Waals surface area contributed by atoms with Crippen molar-refractivity contribution in [2.45, 2.75) is 12.6 Å². The number of rotatable bonds is 5. The highest BCUT2D eigenvalue weighted by atomic mass is 16.5. The summed E-state index contributed by atoms with van der Waals surface area (Å²) in [5.74, 6) is -0.0553. The first-order valence-corrected chi connectivity index (χ1v) is 9.55. The Kier molecular flexibility index (Phi) is 5.56. The molecule has 152 valence electrons. The topological polar surface area (TPSA) is 89.4 Å². The van der Waals surface area contributed by atoms with Crippen molar-refractivity contribution in [3.8, 4) is 5.75 Å². The van der Waals surface area contributed by atoms with Crippen molar-refractivity contribution in [1.82, 2.24) is 20.3 Å². The van der Waals surface area contributed by atoms with E-state index in [1.165, 1.54) is 18.0 Å². The molecule has 1 aliphatic heterocycles. The number of aromatic nitrogens is 3. The van der Waals surface area contributed by atoms with Crippen molar-refractivity contribution in [1.29, 1.82) is 0 Å². The van der Waals surface area contributed by atoms with E-state index in [-0.39, 0.29) is 18.4 Å². The van der Waals surface area contributed by atoms with Crippen LogP contribution in [-0.4, -0.2) is 46.5 Å². The molecule has 0 saturated heterocycles. The van der Waals surface area contributed by atoms with Gasteiger partial charge >= 0.3 is 0 Å². The van der Waals surface area contributed by atoms with Gasteiger partial charge in [-0.05, 0) is 23.8 Å². The van der Waals surface area contributed by atoms with Crippen molar-refractivity contribution in [3.05, 3.63) is 78.1 Å². The third-order valence-electron chi connectivity index (χ3n) is 4.72. The van der Waals surface area contributed by atoms with Crippen LogP contribution >= 0.6 is 0 Å². The van der Waals surface area contributed by atoms with Crippen LogP contribution in [0.1, 0.15) is 11.3 Å². The highest BCUT2D eigenvalue weighted by Gasteiger charge is 2.32. The molecule has 2 amide bonds. The predicted octanol–water partition coefficient (Wildman–Crippen LogP) is 1.88. The third kappa shape index (κ3) is 4.22. The summed E-state index contributed by atoms with van der Waals surface area (Å²) in [6.07, 6.45) is 4.05. The minimum atomic E-state index is -0.769. The lowest BCUT2D eigenvalue weighted by molar-refractivity contribution is -0.127. The molecule has 2 aromatic carbocycles. The molecule has 0 fully saturated rings. The van der Waals surface area contributed by atoms with Crippen molar-refractivity contribution in [2.75, 3.05) is 18.5 Å². The monoisotopic (exact) mass is 403 g/mol. The number of carbonyl (C=O) groups is 2. The summed E-state index contributed by atoms with van der Waals surface area (Å²) in [7, 11) is 1.54. The van der Waals surface area contributed by atoms with Crippen LogP contribution < -0.4 is 15.0 Å². The number of ether oxygens (including phenoxy) is 1. The van der Waals surface area contributed by atoms with Crippen LogP contribution in [0.25, 0.3) is 6.08 Å². The van der Waals surface area contributed by atoms with Gasteiger partial charge in [-0.15, -0.1) is 5.10 Å². The van der Waals surface area contributed by atoms with Gasteiger partial charge < -0.3 is 15.0 Å². The van der Waals surface area contributed by atoms with E-state index in [1.807, 2.05) is 36.4 Å². The predicted molar refractivity (Wildman–Crippen MR) is 112 cm³/mol. The maximum Gasteiger partial charge on any atom is 0.262 e. The molecule has 0 aliphatic carbocycles. The van der Waals surface area contributed by atoms with Gasteiger partial charge in [0.25, 0.3) is 11.8 Å². The number of nitrogens with one attached hydrogen (secondary N) is 1. The first kappa shape index (κ1) is 19.4. The Morgan fingerprint density at radius 2 is 1.93 bits per heavy atom. The minimum Gasteiger partial charge on any atom is -0.477 e. The van der Waals surface area contributed by atoms with E-state index < -0.39 is 6.10 Å². The van der Waals surface area contributed by atoms with Crippen molar-refractivity contribution >= 4 is 23.6 Å². The molecule has 1 aliphatic rings. The van der Waals surface area contributed by atoms with Gasteiger partial charge in [-0.3, -0.25) is 9.59 Å². The summed E-state index contributed by atoms with van der Waals surface area (Å²) in [6, 6.07) is 17.1. The fourth-order valence-corrected chi connectivity index (χ4v) is 3.22. The smallest absolute Gasteiger partial charge is 0.262 e. The van der Waals surface area contributed by atoms with Crippen LogP contribution in [0, 0.1) is 0 Å². The Balaban J connectivity index is 1.49. The van der Waals surface area contributed by atoms with Crippen LogP contribution in [0.15, 0.2) is 66.9 Å². The zero-order valence-corrected chi connectivity index (χ0v) is 16.4. The largest absolute Gasteiger partial charge is 0.477 e. The lowest BCUT2D eigenvalue weighted by Gasteiger charge is -2.33. The van der Waals surface area contributed by atoms with Gasteiger partial charge in [0.1, 0.15) is 11.4 Å². The van der Waals surface area contributed by atoms with Gasteiger partial charge in [0.2, 0.25) is 0 Å². The molecular formula is C22H21N5O3. The molecule has 0 radical (unpaired) electrons. The van der Waals surface area contributed by atoms with Gasteiger partial charge in [-0.1, -0.05) is 47.7 Å². The number of benzene rings is 2. The van der Waals surface area contributed by atoms with E-state index in [0.29, 0.717) is 23.7 Å². The molecule has 3 aromatic rings. The number of likely N-dealkylation sites (N-methyl/N-ethyl adjacent to an activating group) is 1. The maximum absolute atomic E-state index is 12.9. The van der Waals surface area contributed by atoms with Gasteiger partial charge in [-0.2, -0.15) is 0 Å². The van der Waals surface area contributed by atoms with Crippen molar-refractivity contribution < 1.29 is 14.3 Å². The first-order valence-electron chi connectivity index (χ1n) is 9.55. The van der Waals surface area contributed by atoms with Crippen LogP contribution in [0.2, 0.25) is 0 Å². The molecule has 0 saturated carbocycles. The number of fused-ring (bicyclic) bond motifs is 1. The molecule has 1 unspecified atom stereocenters. The quantitative estimate of drug-likeness (QED) is 0.657. The summed E-state index contributed by atoms with van der Waals surface area (Å²) < 4.78 is 7.45. The lowest BCUT2D eigenvalue weighted by atomic mass is 10.1. The Hall–Kier alpha value is -3.94. The number of para-hydroxylation sites is 2. The highest BCUT2D eigenvalue weighted by Crippen LogP contribution is 2.33. The van der Waals surface area contributed by atoms with Crippen LogP contribution in [-0.2, 0) is 16.1 Å². The third-order valence-corrected chi connectivity index (χ3v) is 4.72. The maximum atomic E-state index is 12.9. The fourth-order valence-electron chi connectivity index (χ4n) is 3.22. The Labute approximate surface area is 173 Å². The average Bonchev–Trinajstić information content (AvgIpc) is 3.24. The number of carbonyl (C=O) groups excluding carboxylic acids is 2. The molecule has 0 bridgehead atoms. The lowest BCUT2D eigenvalue weighted by Crippen LogP contribution is -2.49. The number of amides is 2. The van der Waals surface area contributed by atoms with E-state index in [4.69, 9.17) is 4.74 Å². The minimum absolute atomic E-state index is 0.126. The number of nitrogens with zero attached hydrogens (tertiary/aromatic N) is 4. The standard InChI is InChI=1S/C22H21N5O3/c1-23-22(29)20-15-27(18-9-5-6-10-19(18)30-20)21(28)12-11-17-14-26(25-24-17)13-16-7-3-2-4-8-16/h2-12,14,20H,13,15H2,1H3,(H,23,29)/b12-11+. The Bertz CT molecular complexity index is 1080. The van der Waals surface area contributed by atoms with Gasteiger partial charge in [-0.25, -0.2) is 4.68 Å². The molecule has 2 heterocycles. The van der Waals surface area contributed by atoms with Gasteiger partial charge in [0.15, 0.2) is 6.10 Å². The second-order valence-corrected chi connectivity index (χ2v) is 6.80. The molecule has 30 heavy (non-hydrogen) atoms. The summed E-state index contributed by atoms with van der Waals surface area (Å²) in [5, 5.41) is 10.8. The second kappa shape index (κ2) is 8.60. The molecule has 1 atom stereocenters. The Morgan fingerprint density at radius 1 is 1.17 bits per heavy atom. The average molecular weight is 403 g/mol. The molecular weight excluding hydrogens is 382 g/mol. The van der Waals surface area contributed by atoms with E-state index >= 15 is 0 Å². The Morgan fingerprint density at radius 3 is 2.73 bits per heavy atom. The normalized spacial score (nSPS) is 15.5. The zero-order valence-electron chi connectivity index (χ0n) is 16.4. The van der Waals surface area contributed by atoms with Gasteiger partial charge in [0, 0.05) is 13.1 Å². The number of hydrogen-bond acceptors (Lipinski definition) is 5. The highest BCUT2D eigenvalue weighted by molar-refractivity contribution is 6.05. The molecule has 4 rings (SSSR count). The molecule has 8 nitrogen and oxygen atoms in total. The first-order chi connectivity index (χ1) is 14.6. The summed E-state index contributed by atoms with van der Waals surface area (Å²) in [4.78, 5) is 26.5. The summed E-state index contributed by atoms with van der Waals surface area (Å²) >= 11 is 0. The molecule has 1 N–H and O–H groups in total. The number of anilines is 1. The van der Waals surface area contributed by atoms with E-state index in [0.717, 1.165) is 5.56 Å². The summed E-state index contributed by atoms with van der Waals surface area (Å²) in [6.45, 7) is 0.723. The zero-order chi connectivity index (χ0) is 20.9. The van der Waals surface area contributed by atoms with E-state index in [1.54, 1.807) is 35.2 Å². The van der Waals surface area contributed by atoms with Gasteiger partial charge in [0.05, 0.1) is 25.0 Å². The van der Waals surface area contributed by atoms with Crippen molar-refractivity contribution in [3.63, 3.8) is 0 Å². The van der Waals surface area contributed by atoms with E-state index in [9.17, 15) is 9.59 Å². The van der Waals surface area contributed by atoms with Crippen LogP contribution in [0.4, 0.5) is 5.69 Å². The fraction of sp³-hybridized carbons (Fsp3) is 0.182. The molecule has 8 heteroatoms. The molecule has 1 aromatic heterocycles. The number of hydrogen-bond donors (Lipinski definition) is 1. The second-order valence-electron chi connectivity index (χ2n) is 6.80. The van der Waals surface area contributed by atoms with E-state index in [2.05, 4.69) is 15.6 Å². The molecule has 0 spiro atoms. The summed E-state index contributed by atoms with van der Waals surface area (Å²) in [5.41, 5.74) is 2.31. The van der Waals surface area contributed by atoms with Crippen molar-refractivity contribution in [2.24, 2.45) is 0 Å².